The molecule has 0 aliphatic heterocycles. The van der Waals surface area contributed by atoms with Gasteiger partial charge in [0.2, 0.25) is 11.7 Å². The second kappa shape index (κ2) is 7.08. The van der Waals surface area contributed by atoms with E-state index in [-0.39, 0.29) is 11.4 Å². The van der Waals surface area contributed by atoms with Crippen molar-refractivity contribution in [2.45, 2.75) is 17.3 Å². The highest BCUT2D eigenvalue weighted by Gasteiger charge is 2.46. The molecule has 0 saturated heterocycles. The number of benzene rings is 2. The summed E-state index contributed by atoms with van der Waals surface area (Å²) < 4.78 is 65.4. The molecule has 1 heterocycles. The first-order valence-corrected chi connectivity index (χ1v) is 9.20. The van der Waals surface area contributed by atoms with Crippen molar-refractivity contribution in [3.63, 3.8) is 0 Å². The molecule has 0 bridgehead atoms. The minimum absolute atomic E-state index is 0.0276. The van der Waals surface area contributed by atoms with Crippen LogP contribution in [0.25, 0.3) is 11.4 Å². The van der Waals surface area contributed by atoms with Gasteiger partial charge in [0.1, 0.15) is 0 Å². The fourth-order valence-corrected chi connectivity index (χ4v) is 3.07. The van der Waals surface area contributed by atoms with E-state index >= 15 is 0 Å². The summed E-state index contributed by atoms with van der Waals surface area (Å²) in [5.41, 5.74) is -4.62. The minimum Gasteiger partial charge on any atom is -0.339 e. The normalized spacial score (nSPS) is 12.0. The van der Waals surface area contributed by atoms with Gasteiger partial charge in [-0.15, -0.1) is 0 Å². The maximum atomic E-state index is 12.6. The summed E-state index contributed by atoms with van der Waals surface area (Å²) in [6.45, 7) is 1.61. The smallest absolute Gasteiger partial charge is 0.339 e. The first-order valence-electron chi connectivity index (χ1n) is 7.72. The fraction of sp³-hybridized carbons (Fsp3) is 0.118. The lowest BCUT2D eigenvalue weighted by molar-refractivity contribution is -0.0436. The number of amides is 1. The number of hydrogen-bond acceptors (Lipinski definition) is 6. The third kappa shape index (κ3) is 3.74. The lowest BCUT2D eigenvalue weighted by Crippen LogP contribution is -2.23. The van der Waals surface area contributed by atoms with Gasteiger partial charge in [0.15, 0.2) is 0 Å². The Morgan fingerprint density at radius 3 is 2.29 bits per heavy atom. The Morgan fingerprint density at radius 1 is 1.07 bits per heavy atom. The van der Waals surface area contributed by atoms with Gasteiger partial charge in [0.05, 0.1) is 10.6 Å². The number of para-hydroxylation sites is 1. The van der Waals surface area contributed by atoms with Crippen LogP contribution in [-0.2, 0) is 9.84 Å². The molecule has 0 aliphatic carbocycles. The highest BCUT2D eigenvalue weighted by Crippen LogP contribution is 2.30. The molecule has 146 valence electrons. The molecule has 0 saturated carbocycles. The summed E-state index contributed by atoms with van der Waals surface area (Å²) in [7, 11) is -5.48. The number of alkyl halides is 3. The van der Waals surface area contributed by atoms with Crippen molar-refractivity contribution >= 4 is 21.4 Å². The Morgan fingerprint density at radius 2 is 1.71 bits per heavy atom. The highest BCUT2D eigenvalue weighted by molar-refractivity contribution is 7.92. The SMILES string of the molecule is Cc1nc(-c2ccccc2NC(=O)c2ccc(S(=O)(=O)C(F)(F)F)cc2)no1. The third-order valence-electron chi connectivity index (χ3n) is 3.68. The number of hydrogen-bond donors (Lipinski definition) is 1. The zero-order valence-electron chi connectivity index (χ0n) is 14.2. The number of sulfone groups is 1. The average molecular weight is 411 g/mol. The van der Waals surface area contributed by atoms with Crippen molar-refractivity contribution in [2.75, 3.05) is 5.32 Å². The zero-order valence-corrected chi connectivity index (χ0v) is 15.0. The largest absolute Gasteiger partial charge is 0.501 e. The van der Waals surface area contributed by atoms with E-state index in [0.29, 0.717) is 17.1 Å². The van der Waals surface area contributed by atoms with Gasteiger partial charge < -0.3 is 9.84 Å². The van der Waals surface area contributed by atoms with Crippen LogP contribution in [0.2, 0.25) is 0 Å². The standard InChI is InChI=1S/C17H12F3N3O4S/c1-10-21-15(23-27-10)13-4-2-3-5-14(13)22-16(24)11-6-8-12(9-7-11)28(25,26)17(18,19)20/h2-9H,1H3,(H,22,24). The Labute approximate surface area is 157 Å². The van der Waals surface area contributed by atoms with Crippen LogP contribution in [0.3, 0.4) is 0 Å². The van der Waals surface area contributed by atoms with Crippen molar-refractivity contribution in [3.05, 3.63) is 60.0 Å². The number of halogens is 3. The second-order valence-corrected chi connectivity index (χ2v) is 7.55. The van der Waals surface area contributed by atoms with Crippen LogP contribution in [0.5, 0.6) is 0 Å². The molecular weight excluding hydrogens is 399 g/mol. The molecule has 0 radical (unpaired) electrons. The first-order chi connectivity index (χ1) is 13.1. The van der Waals surface area contributed by atoms with Crippen LogP contribution >= 0.6 is 0 Å². The molecule has 11 heteroatoms. The fourth-order valence-electron chi connectivity index (χ4n) is 2.31. The molecule has 1 amide bonds. The summed E-state index contributed by atoms with van der Waals surface area (Å²) in [6, 6.07) is 10.0. The zero-order chi connectivity index (χ0) is 20.5. The van der Waals surface area contributed by atoms with Crippen molar-refractivity contribution in [1.82, 2.24) is 10.1 Å². The quantitative estimate of drug-likeness (QED) is 0.704. The van der Waals surface area contributed by atoms with Crippen molar-refractivity contribution in [1.29, 1.82) is 0 Å². The van der Waals surface area contributed by atoms with E-state index in [9.17, 15) is 26.4 Å². The van der Waals surface area contributed by atoms with Crippen LogP contribution in [0, 0.1) is 6.92 Å². The van der Waals surface area contributed by atoms with E-state index < -0.39 is 26.1 Å². The number of aromatic nitrogens is 2. The molecule has 1 aromatic heterocycles. The van der Waals surface area contributed by atoms with E-state index in [1.807, 2.05) is 0 Å². The van der Waals surface area contributed by atoms with Crippen LogP contribution in [0.4, 0.5) is 18.9 Å². The number of anilines is 1. The number of carbonyl (C=O) groups is 1. The second-order valence-electron chi connectivity index (χ2n) is 5.61. The third-order valence-corrected chi connectivity index (χ3v) is 5.18. The molecule has 1 N–H and O–H groups in total. The number of aryl methyl sites for hydroxylation is 1. The summed E-state index contributed by atoms with van der Waals surface area (Å²) in [5, 5.41) is 6.37. The van der Waals surface area contributed by atoms with Crippen LogP contribution in [0.1, 0.15) is 16.2 Å². The van der Waals surface area contributed by atoms with E-state index in [2.05, 4.69) is 15.5 Å². The molecule has 0 atom stereocenters. The van der Waals surface area contributed by atoms with E-state index in [1.54, 1.807) is 31.2 Å². The molecule has 28 heavy (non-hydrogen) atoms. The van der Waals surface area contributed by atoms with E-state index in [0.717, 1.165) is 24.3 Å². The van der Waals surface area contributed by atoms with E-state index in [1.165, 1.54) is 0 Å². The van der Waals surface area contributed by atoms with Gasteiger partial charge in [0.25, 0.3) is 15.7 Å². The number of nitrogens with zero attached hydrogens (tertiary/aromatic N) is 2. The molecule has 7 nitrogen and oxygen atoms in total. The Hall–Kier alpha value is -3.21. The van der Waals surface area contributed by atoms with E-state index in [4.69, 9.17) is 4.52 Å². The lowest BCUT2D eigenvalue weighted by atomic mass is 10.1. The van der Waals surface area contributed by atoms with Crippen LogP contribution in [-0.4, -0.2) is 30.0 Å². The van der Waals surface area contributed by atoms with Crippen molar-refractivity contribution < 1.29 is 30.9 Å². The summed E-state index contributed by atoms with van der Waals surface area (Å²) >= 11 is 0. The molecule has 3 rings (SSSR count). The minimum atomic E-state index is -5.48. The molecule has 3 aromatic rings. The maximum absolute atomic E-state index is 12.6. The number of rotatable bonds is 4. The molecule has 0 unspecified atom stereocenters. The molecule has 0 aliphatic rings. The lowest BCUT2D eigenvalue weighted by Gasteiger charge is -2.10. The van der Waals surface area contributed by atoms with Gasteiger partial charge in [-0.25, -0.2) is 8.42 Å². The molecule has 0 fully saturated rings. The molecule has 2 aromatic carbocycles. The Bertz CT molecular complexity index is 1120. The molecule has 0 spiro atoms. The Balaban J connectivity index is 1.85. The van der Waals surface area contributed by atoms with Gasteiger partial charge in [0, 0.05) is 18.1 Å². The van der Waals surface area contributed by atoms with Gasteiger partial charge in [-0.2, -0.15) is 18.2 Å². The average Bonchev–Trinajstić information content (AvgIpc) is 3.07. The summed E-state index contributed by atoms with van der Waals surface area (Å²) in [6.07, 6.45) is 0. The maximum Gasteiger partial charge on any atom is 0.501 e. The van der Waals surface area contributed by atoms with Crippen LogP contribution in [0.15, 0.2) is 57.9 Å². The predicted octanol–water partition coefficient (Wildman–Crippen LogP) is 3.59. The van der Waals surface area contributed by atoms with Gasteiger partial charge in [-0.3, -0.25) is 4.79 Å². The van der Waals surface area contributed by atoms with Crippen LogP contribution < -0.4 is 5.32 Å². The van der Waals surface area contributed by atoms with Crippen molar-refractivity contribution in [3.8, 4) is 11.4 Å². The predicted molar refractivity (Wildman–Crippen MR) is 92.1 cm³/mol. The number of carbonyl (C=O) groups excluding carboxylic acids is 1. The topological polar surface area (TPSA) is 102 Å². The van der Waals surface area contributed by atoms with Crippen molar-refractivity contribution in [2.24, 2.45) is 0 Å². The monoisotopic (exact) mass is 411 g/mol. The molecular formula is C17H12F3N3O4S. The summed E-state index contributed by atoms with van der Waals surface area (Å²) in [5.74, 6) is -0.0683. The summed E-state index contributed by atoms with van der Waals surface area (Å²) in [4.78, 5) is 15.5. The van der Waals surface area contributed by atoms with Gasteiger partial charge in [-0.05, 0) is 36.4 Å². The number of nitrogens with one attached hydrogen (secondary N) is 1. The highest BCUT2D eigenvalue weighted by atomic mass is 32.2. The van der Waals surface area contributed by atoms with Gasteiger partial charge >= 0.3 is 5.51 Å². The van der Waals surface area contributed by atoms with Gasteiger partial charge in [-0.1, -0.05) is 17.3 Å². The first kappa shape index (κ1) is 19.5. The Kier molecular flexibility index (Phi) is 4.94.